The van der Waals surface area contributed by atoms with Gasteiger partial charge in [0.1, 0.15) is 62.5 Å². The van der Waals surface area contributed by atoms with Crippen LogP contribution in [-0.4, -0.2) is 145 Å². The second-order valence-corrected chi connectivity index (χ2v) is 16.8. The number of esters is 1. The Bertz CT molecular complexity index is 2180. The molecule has 3 heterocycles. The summed E-state index contributed by atoms with van der Waals surface area (Å²) < 4.78 is 65.5. The summed E-state index contributed by atoms with van der Waals surface area (Å²) in [5.74, 6) is -1.39. The molecule has 1 aromatic heterocycles. The summed E-state index contributed by atoms with van der Waals surface area (Å²) in [6, 6.07) is 12.6. The van der Waals surface area contributed by atoms with Gasteiger partial charge >= 0.3 is 27.3 Å². The average molecular weight is 976 g/mol. The molecule has 2 unspecified atom stereocenters. The van der Waals surface area contributed by atoms with Gasteiger partial charge in [-0.1, -0.05) is 46.3 Å². The summed E-state index contributed by atoms with van der Waals surface area (Å²) in [7, 11) is -11.4. The second kappa shape index (κ2) is 22.3. The number of nitrogens with zero attached hydrogens (tertiary/aromatic N) is 1. The van der Waals surface area contributed by atoms with Gasteiger partial charge in [-0.05, 0) is 28.0 Å². The number of aromatic nitrogens is 2. The number of benzene rings is 2. The Morgan fingerprint density at radius 1 is 0.820 bits per heavy atom. The number of carbonyl (C=O) groups excluding carboxylic acids is 2. The second-order valence-electron chi connectivity index (χ2n) is 13.2. The highest BCUT2D eigenvalue weighted by atomic mass is 79.9. The van der Waals surface area contributed by atoms with E-state index < -0.39 is 114 Å². The van der Waals surface area contributed by atoms with Crippen LogP contribution >= 0.6 is 31.6 Å². The molecule has 0 saturated carbocycles. The Balaban J connectivity index is 0.00000819. The molecule has 5 rings (SSSR count). The topological polar surface area (TPSA) is 386 Å². The monoisotopic (exact) mass is 974 g/mol. The number of amides is 1. The third-order valence-corrected chi connectivity index (χ3v) is 12.1. The third kappa shape index (κ3) is 14.1. The predicted molar refractivity (Wildman–Crippen MR) is 208 cm³/mol. The van der Waals surface area contributed by atoms with Crippen molar-refractivity contribution in [2.75, 3.05) is 39.6 Å². The van der Waals surface area contributed by atoms with Crippen LogP contribution in [0.5, 0.6) is 0 Å². The zero-order chi connectivity index (χ0) is 43.8. The molecule has 11 atom stereocenters. The Morgan fingerprint density at radius 2 is 1.48 bits per heavy atom. The van der Waals surface area contributed by atoms with Crippen molar-refractivity contribution in [1.82, 2.24) is 21.0 Å². The van der Waals surface area contributed by atoms with E-state index in [0.29, 0.717) is 9.90 Å². The number of hydrogen-bond donors (Lipinski definition) is 10. The van der Waals surface area contributed by atoms with Crippen LogP contribution in [0, 0.1) is 0 Å². The number of ether oxygens (including phenoxy) is 5. The number of rotatable bonds is 20. The fourth-order valence-corrected chi connectivity index (χ4v) is 8.30. The van der Waals surface area contributed by atoms with Gasteiger partial charge in [-0.25, -0.2) is 18.7 Å². The largest absolute Gasteiger partial charge is 0.483 e. The van der Waals surface area contributed by atoms with E-state index in [1.54, 1.807) is 0 Å². The SMILES string of the molecule is N.O=C(COCCOCC(=O)OCc1ccc2ccc(CBr)cc2c1)NC[C@H]1O[C@H](OP(=O)(O)OP(=O)(O)OC[C@H]2O[C@@H](n3ccc(=O)[nH]c3=O)[C@H](O)[C@@H]2O)[C@H](O)[C@@H](O)[C@H]1O. The zero-order valence-corrected chi connectivity index (χ0v) is 35.1. The minimum atomic E-state index is -5.75. The normalized spacial score (nSPS) is 27.1. The Hall–Kier alpha value is -3.34. The fourth-order valence-electron chi connectivity index (χ4n) is 5.80. The molecule has 2 fully saturated rings. The standard InChI is InChI=1S/C33H42BrN3O21P2.H3N/c34-11-17-1-3-19-4-2-18(10-20(19)9-17)13-53-25(40)16-52-8-7-51-15-24(39)35-12-21-26(41)28(43)30(45)32(56-21)57-60(49,50)58-59(47,48)54-14-22-27(42)29(44)31(55-22)37-6-5-23(38)36-33(37)46;/h1-6,9-10,21-22,26-32,41-45H,7-8,11-16H2,(H,35,39)(H,47,48)(H,49,50)(H,36,38,46);1H3/t21-,22-,26+,27-,28+,29-,30-,31-,32-;/m1./s1. The predicted octanol–water partition coefficient (Wildman–Crippen LogP) is -1.68. The van der Waals surface area contributed by atoms with Crippen LogP contribution in [0.4, 0.5) is 0 Å². The van der Waals surface area contributed by atoms with E-state index >= 15 is 0 Å². The lowest BCUT2D eigenvalue weighted by Gasteiger charge is -2.40. The first-order valence-corrected chi connectivity index (χ1v) is 21.9. The van der Waals surface area contributed by atoms with Crippen molar-refractivity contribution in [2.45, 2.75) is 67.2 Å². The van der Waals surface area contributed by atoms with Gasteiger partial charge < -0.3 is 70.5 Å². The lowest BCUT2D eigenvalue weighted by atomic mass is 9.99. The van der Waals surface area contributed by atoms with Gasteiger partial charge in [-0.3, -0.25) is 28.2 Å². The maximum Gasteiger partial charge on any atom is 0.483 e. The molecule has 2 aliphatic rings. The van der Waals surface area contributed by atoms with Crippen molar-refractivity contribution in [3.63, 3.8) is 0 Å². The highest BCUT2D eigenvalue weighted by Crippen LogP contribution is 2.61. The van der Waals surface area contributed by atoms with Gasteiger partial charge in [-0.2, -0.15) is 4.31 Å². The number of alkyl halides is 1. The number of nitrogens with one attached hydrogen (secondary N) is 2. The quantitative estimate of drug-likeness (QED) is 0.0261. The number of hydrogen-bond acceptors (Lipinski definition) is 20. The number of aliphatic hydroxyl groups is 5. The molecule has 61 heavy (non-hydrogen) atoms. The van der Waals surface area contributed by atoms with Crippen LogP contribution in [-0.2, 0) is 67.7 Å². The van der Waals surface area contributed by atoms with Gasteiger partial charge in [0.25, 0.3) is 5.56 Å². The molecule has 3 aromatic rings. The molecule has 2 aromatic carbocycles. The molecule has 0 bridgehead atoms. The summed E-state index contributed by atoms with van der Waals surface area (Å²) in [6.07, 6.45) is -16.0. The lowest BCUT2D eigenvalue weighted by molar-refractivity contribution is -0.273. The molecular weight excluding hydrogens is 930 g/mol. The summed E-state index contributed by atoms with van der Waals surface area (Å²) in [6.45, 7) is -2.75. The maximum absolute atomic E-state index is 12.7. The number of phosphoric acid groups is 2. The van der Waals surface area contributed by atoms with Crippen molar-refractivity contribution in [3.8, 4) is 0 Å². The summed E-state index contributed by atoms with van der Waals surface area (Å²) in [4.78, 5) is 70.0. The average Bonchev–Trinajstić information content (AvgIpc) is 3.48. The molecule has 0 radical (unpaired) electrons. The van der Waals surface area contributed by atoms with E-state index in [-0.39, 0.29) is 32.6 Å². The highest BCUT2D eigenvalue weighted by molar-refractivity contribution is 9.08. The van der Waals surface area contributed by atoms with E-state index in [4.69, 9.17) is 23.7 Å². The van der Waals surface area contributed by atoms with Gasteiger partial charge in [0.2, 0.25) is 5.91 Å². The van der Waals surface area contributed by atoms with Crippen LogP contribution in [0.1, 0.15) is 17.4 Å². The number of aliphatic hydroxyl groups excluding tert-OH is 5. The van der Waals surface area contributed by atoms with Crippen LogP contribution in [0.2, 0.25) is 0 Å². The number of phosphoric ester groups is 2. The minimum Gasteiger partial charge on any atom is -0.459 e. The van der Waals surface area contributed by atoms with Crippen molar-refractivity contribution in [3.05, 3.63) is 80.6 Å². The lowest BCUT2D eigenvalue weighted by Crippen LogP contribution is -2.60. The van der Waals surface area contributed by atoms with Gasteiger partial charge in [0.15, 0.2) is 12.5 Å². The molecule has 340 valence electrons. The first-order chi connectivity index (χ1) is 28.4. The zero-order valence-electron chi connectivity index (χ0n) is 31.7. The van der Waals surface area contributed by atoms with Crippen molar-refractivity contribution in [1.29, 1.82) is 0 Å². The Morgan fingerprint density at radius 3 is 2.16 bits per heavy atom. The number of H-pyrrole nitrogens is 1. The summed E-state index contributed by atoms with van der Waals surface area (Å²) in [5.41, 5.74) is 0.101. The fraction of sp³-hybridized carbons (Fsp3) is 0.515. The first-order valence-electron chi connectivity index (χ1n) is 17.7. The van der Waals surface area contributed by atoms with Crippen molar-refractivity contribution in [2.24, 2.45) is 0 Å². The van der Waals surface area contributed by atoms with Crippen molar-refractivity contribution < 1.29 is 91.1 Å². The summed E-state index contributed by atoms with van der Waals surface area (Å²) in [5, 5.41) is 56.6. The number of fused-ring (bicyclic) bond motifs is 1. The van der Waals surface area contributed by atoms with E-state index in [1.807, 2.05) is 41.4 Å². The highest BCUT2D eigenvalue weighted by Gasteiger charge is 2.50. The van der Waals surface area contributed by atoms with Gasteiger partial charge in [0.05, 0.1) is 19.8 Å². The summed E-state index contributed by atoms with van der Waals surface area (Å²) >= 11 is 3.42. The molecule has 2 aliphatic heterocycles. The molecule has 2 saturated heterocycles. The number of carbonyl (C=O) groups is 2. The number of halogens is 1. The molecule has 1 amide bonds. The van der Waals surface area contributed by atoms with Crippen LogP contribution in [0.3, 0.4) is 0 Å². The minimum absolute atomic E-state index is 0. The Kier molecular flexibility index (Phi) is 18.4. The third-order valence-electron chi connectivity index (χ3n) is 8.83. The van der Waals surface area contributed by atoms with E-state index in [1.165, 1.54) is 0 Å². The van der Waals surface area contributed by atoms with Crippen LogP contribution in [0.15, 0.2) is 58.3 Å². The molecule has 0 aliphatic carbocycles. The van der Waals surface area contributed by atoms with Crippen molar-refractivity contribution >= 4 is 54.2 Å². The van der Waals surface area contributed by atoms with Crippen LogP contribution in [0.25, 0.3) is 10.8 Å². The Labute approximate surface area is 353 Å². The van der Waals surface area contributed by atoms with E-state index in [9.17, 15) is 63.6 Å². The molecular formula is C33H45BrN4O21P2. The molecule has 25 nitrogen and oxygen atoms in total. The number of aromatic amines is 1. The molecule has 0 spiro atoms. The first kappa shape index (κ1) is 50.3. The van der Waals surface area contributed by atoms with E-state index in [2.05, 4.69) is 34.6 Å². The molecule has 28 heteroatoms. The van der Waals surface area contributed by atoms with Gasteiger partial charge in [0, 0.05) is 24.1 Å². The van der Waals surface area contributed by atoms with Gasteiger partial charge in [-0.15, -0.1) is 0 Å². The van der Waals surface area contributed by atoms with E-state index in [0.717, 1.165) is 34.2 Å². The van der Waals surface area contributed by atoms with Crippen LogP contribution < -0.4 is 22.7 Å². The molecule has 12 N–H and O–H groups in total. The maximum atomic E-state index is 12.7. The smallest absolute Gasteiger partial charge is 0.459 e.